The first-order valence-corrected chi connectivity index (χ1v) is 6.89. The molecule has 2 rings (SSSR count). The second kappa shape index (κ2) is 6.45. The van der Waals surface area contributed by atoms with Gasteiger partial charge in [0, 0.05) is 17.7 Å². The molecule has 0 aliphatic carbocycles. The highest BCUT2D eigenvalue weighted by atomic mass is 16.6. The molecule has 1 heterocycles. The van der Waals surface area contributed by atoms with Crippen molar-refractivity contribution in [1.82, 2.24) is 15.5 Å². The molecule has 0 bridgehead atoms. The first-order valence-electron chi connectivity index (χ1n) is 6.89. The Morgan fingerprint density at radius 2 is 2.14 bits per heavy atom. The zero-order valence-corrected chi connectivity index (χ0v) is 12.3. The third-order valence-electron chi connectivity index (χ3n) is 3.26. The van der Waals surface area contributed by atoms with E-state index in [0.717, 1.165) is 18.5 Å². The largest absolute Gasteiger partial charge is 0.419 e. The van der Waals surface area contributed by atoms with Gasteiger partial charge >= 0.3 is 0 Å². The van der Waals surface area contributed by atoms with Crippen LogP contribution < -0.4 is 5.32 Å². The molecule has 0 radical (unpaired) electrons. The molecule has 21 heavy (non-hydrogen) atoms. The molecule has 0 aliphatic heterocycles. The molecule has 7 heteroatoms. The van der Waals surface area contributed by atoms with E-state index in [0.29, 0.717) is 17.3 Å². The van der Waals surface area contributed by atoms with Gasteiger partial charge in [-0.2, -0.15) is 0 Å². The van der Waals surface area contributed by atoms with E-state index in [1.807, 2.05) is 20.8 Å². The minimum Gasteiger partial charge on any atom is -0.419 e. The van der Waals surface area contributed by atoms with Gasteiger partial charge < -0.3 is 9.73 Å². The lowest BCUT2D eigenvalue weighted by Gasteiger charge is -2.10. The van der Waals surface area contributed by atoms with E-state index < -0.39 is 4.92 Å². The summed E-state index contributed by atoms with van der Waals surface area (Å²) in [7, 11) is 0. The van der Waals surface area contributed by atoms with Crippen molar-refractivity contribution >= 4 is 5.69 Å². The summed E-state index contributed by atoms with van der Waals surface area (Å²) in [6.45, 7) is 6.68. The zero-order valence-electron chi connectivity index (χ0n) is 12.3. The molecular weight excluding hydrogens is 272 g/mol. The summed E-state index contributed by atoms with van der Waals surface area (Å²) in [6, 6.07) is 4.60. The zero-order chi connectivity index (χ0) is 15.4. The maximum atomic E-state index is 10.9. The number of nitro benzene ring substituents is 1. The molecule has 1 aromatic heterocycles. The molecule has 1 unspecified atom stereocenters. The molecule has 0 saturated heterocycles. The van der Waals surface area contributed by atoms with Gasteiger partial charge in [0.2, 0.25) is 11.8 Å². The van der Waals surface area contributed by atoms with Crippen molar-refractivity contribution in [1.29, 1.82) is 0 Å². The Hall–Kier alpha value is -2.28. The molecule has 2 aromatic rings. The van der Waals surface area contributed by atoms with Gasteiger partial charge in [0.05, 0.1) is 11.0 Å². The predicted octanol–water partition coefficient (Wildman–Crippen LogP) is 3.01. The standard InChI is InChI=1S/C14H18N4O3/c1-4-12(15-5-2)14-17-16-13(21-14)11-8-10(18(19)20)7-6-9(11)3/h6-8,12,15H,4-5H2,1-3H3. The van der Waals surface area contributed by atoms with Crippen molar-refractivity contribution in [2.45, 2.75) is 33.2 Å². The maximum Gasteiger partial charge on any atom is 0.270 e. The molecule has 1 N–H and O–H groups in total. The quantitative estimate of drug-likeness (QED) is 0.649. The van der Waals surface area contributed by atoms with Crippen LogP contribution >= 0.6 is 0 Å². The molecule has 0 saturated carbocycles. The molecular formula is C14H18N4O3. The van der Waals surface area contributed by atoms with E-state index >= 15 is 0 Å². The lowest BCUT2D eigenvalue weighted by atomic mass is 10.1. The first kappa shape index (κ1) is 15.1. The van der Waals surface area contributed by atoms with Gasteiger partial charge in [0.1, 0.15) is 0 Å². The summed E-state index contributed by atoms with van der Waals surface area (Å²) in [5.41, 5.74) is 1.45. The Labute approximate surface area is 122 Å². The number of rotatable bonds is 6. The lowest BCUT2D eigenvalue weighted by molar-refractivity contribution is -0.384. The summed E-state index contributed by atoms with van der Waals surface area (Å²) in [4.78, 5) is 10.4. The van der Waals surface area contributed by atoms with E-state index in [1.165, 1.54) is 12.1 Å². The highest BCUT2D eigenvalue weighted by molar-refractivity contribution is 5.62. The van der Waals surface area contributed by atoms with Gasteiger partial charge in [-0.15, -0.1) is 10.2 Å². The Kier molecular flexibility index (Phi) is 4.64. The van der Waals surface area contributed by atoms with Crippen molar-refractivity contribution < 1.29 is 9.34 Å². The van der Waals surface area contributed by atoms with Crippen LogP contribution in [0.25, 0.3) is 11.5 Å². The normalized spacial score (nSPS) is 12.3. The number of non-ortho nitro benzene ring substituents is 1. The van der Waals surface area contributed by atoms with E-state index in [9.17, 15) is 10.1 Å². The molecule has 7 nitrogen and oxygen atoms in total. The lowest BCUT2D eigenvalue weighted by Crippen LogP contribution is -2.20. The molecule has 0 amide bonds. The summed E-state index contributed by atoms with van der Waals surface area (Å²) in [5.74, 6) is 0.808. The Morgan fingerprint density at radius 3 is 2.76 bits per heavy atom. The van der Waals surface area contributed by atoms with Crippen LogP contribution in [-0.4, -0.2) is 21.7 Å². The van der Waals surface area contributed by atoms with Gasteiger partial charge in [0.15, 0.2) is 0 Å². The SMILES string of the molecule is CCNC(CC)c1nnc(-c2cc([N+](=O)[O-])ccc2C)o1. The van der Waals surface area contributed by atoms with E-state index in [2.05, 4.69) is 15.5 Å². The van der Waals surface area contributed by atoms with Crippen LogP contribution in [0.5, 0.6) is 0 Å². The number of aromatic nitrogens is 2. The van der Waals surface area contributed by atoms with E-state index in [1.54, 1.807) is 6.07 Å². The smallest absolute Gasteiger partial charge is 0.270 e. The molecule has 1 aromatic carbocycles. The average Bonchev–Trinajstić information content (AvgIpc) is 2.94. The molecule has 0 spiro atoms. The highest BCUT2D eigenvalue weighted by Gasteiger charge is 2.19. The predicted molar refractivity (Wildman–Crippen MR) is 77.8 cm³/mol. The summed E-state index contributed by atoms with van der Waals surface area (Å²) in [5, 5.41) is 22.2. The number of nitrogens with zero attached hydrogens (tertiary/aromatic N) is 3. The number of hydrogen-bond donors (Lipinski definition) is 1. The maximum absolute atomic E-state index is 10.9. The topological polar surface area (TPSA) is 94.1 Å². The number of aryl methyl sites for hydroxylation is 1. The number of benzene rings is 1. The molecule has 1 atom stereocenters. The van der Waals surface area contributed by atoms with E-state index in [-0.39, 0.29) is 11.7 Å². The van der Waals surface area contributed by atoms with Crippen LogP contribution in [0.4, 0.5) is 5.69 Å². The third-order valence-corrected chi connectivity index (χ3v) is 3.26. The van der Waals surface area contributed by atoms with Crippen molar-refractivity contribution in [2.24, 2.45) is 0 Å². The highest BCUT2D eigenvalue weighted by Crippen LogP contribution is 2.28. The minimum atomic E-state index is -0.437. The first-order chi connectivity index (χ1) is 10.1. The van der Waals surface area contributed by atoms with Crippen LogP contribution in [0.15, 0.2) is 22.6 Å². The van der Waals surface area contributed by atoms with Crippen molar-refractivity contribution in [3.63, 3.8) is 0 Å². The van der Waals surface area contributed by atoms with Gasteiger partial charge in [-0.1, -0.05) is 19.9 Å². The second-order valence-corrected chi connectivity index (χ2v) is 4.72. The van der Waals surface area contributed by atoms with Gasteiger partial charge in [-0.05, 0) is 25.5 Å². The molecule has 0 aliphatic rings. The second-order valence-electron chi connectivity index (χ2n) is 4.72. The molecule has 0 fully saturated rings. The van der Waals surface area contributed by atoms with Crippen LogP contribution in [0.1, 0.15) is 37.8 Å². The average molecular weight is 290 g/mol. The fourth-order valence-corrected chi connectivity index (χ4v) is 2.09. The minimum absolute atomic E-state index is 0.00439. The summed E-state index contributed by atoms with van der Waals surface area (Å²) in [6.07, 6.45) is 0.823. The Bertz CT molecular complexity index is 639. The van der Waals surface area contributed by atoms with Crippen LogP contribution in [0.2, 0.25) is 0 Å². The van der Waals surface area contributed by atoms with Gasteiger partial charge in [-0.3, -0.25) is 10.1 Å². The van der Waals surface area contributed by atoms with Crippen LogP contribution in [0, 0.1) is 17.0 Å². The fourth-order valence-electron chi connectivity index (χ4n) is 2.09. The van der Waals surface area contributed by atoms with Crippen LogP contribution in [-0.2, 0) is 0 Å². The summed E-state index contributed by atoms with van der Waals surface area (Å²) >= 11 is 0. The summed E-state index contributed by atoms with van der Waals surface area (Å²) < 4.78 is 5.68. The monoisotopic (exact) mass is 290 g/mol. The van der Waals surface area contributed by atoms with Crippen LogP contribution in [0.3, 0.4) is 0 Å². The number of nitrogens with one attached hydrogen (secondary N) is 1. The fraction of sp³-hybridized carbons (Fsp3) is 0.429. The third kappa shape index (κ3) is 3.25. The molecule has 112 valence electrons. The van der Waals surface area contributed by atoms with Gasteiger partial charge in [0.25, 0.3) is 5.69 Å². The van der Waals surface area contributed by atoms with E-state index in [4.69, 9.17) is 4.42 Å². The Balaban J connectivity index is 2.37. The van der Waals surface area contributed by atoms with Crippen molar-refractivity contribution in [3.05, 3.63) is 39.8 Å². The Morgan fingerprint density at radius 1 is 1.38 bits per heavy atom. The van der Waals surface area contributed by atoms with Crippen molar-refractivity contribution in [2.75, 3.05) is 6.54 Å². The number of nitro groups is 1. The number of hydrogen-bond acceptors (Lipinski definition) is 6. The van der Waals surface area contributed by atoms with Gasteiger partial charge in [-0.25, -0.2) is 0 Å². The van der Waals surface area contributed by atoms with Crippen molar-refractivity contribution in [3.8, 4) is 11.5 Å².